The topological polar surface area (TPSA) is 71.1 Å². The molecule has 0 aliphatic carbocycles. The van der Waals surface area contributed by atoms with E-state index < -0.39 is 34.2 Å². The van der Waals surface area contributed by atoms with Crippen LogP contribution in [0.2, 0.25) is 0 Å². The minimum Gasteiger partial charge on any atom is -0.463 e. The molecule has 5 atom stereocenters. The number of halogens is 3. The van der Waals surface area contributed by atoms with E-state index in [-0.39, 0.29) is 24.2 Å². The highest BCUT2D eigenvalue weighted by atomic mass is 35.6. The maximum atomic E-state index is 12.6. The van der Waals surface area contributed by atoms with Gasteiger partial charge in [-0.15, -0.1) is 0 Å². The van der Waals surface area contributed by atoms with Crippen LogP contribution >= 0.6 is 34.8 Å². The molecule has 6 nitrogen and oxygen atoms in total. The van der Waals surface area contributed by atoms with E-state index in [2.05, 4.69) is 6.58 Å². The van der Waals surface area contributed by atoms with Crippen molar-refractivity contribution >= 4 is 46.7 Å². The zero-order valence-electron chi connectivity index (χ0n) is 16.3. The Balaban J connectivity index is 2.23. The lowest BCUT2D eigenvalue weighted by molar-refractivity contribution is -0.263. The van der Waals surface area contributed by atoms with Crippen LogP contribution in [0.3, 0.4) is 0 Å². The summed E-state index contributed by atoms with van der Waals surface area (Å²) in [6.07, 6.45) is -2.42. The number of ether oxygens (including phenoxy) is 4. The van der Waals surface area contributed by atoms with Crippen LogP contribution in [-0.4, -0.2) is 40.8 Å². The van der Waals surface area contributed by atoms with Gasteiger partial charge in [-0.2, -0.15) is 0 Å². The predicted octanol–water partition coefficient (Wildman–Crippen LogP) is 4.67. The number of esters is 2. The van der Waals surface area contributed by atoms with E-state index in [0.29, 0.717) is 5.56 Å². The fourth-order valence-electron chi connectivity index (χ4n) is 2.88. The molecule has 1 aliphatic rings. The molecule has 0 radical (unpaired) electrons. The summed E-state index contributed by atoms with van der Waals surface area (Å²) in [6, 6.07) is 8.53. The lowest BCUT2D eigenvalue weighted by atomic mass is 9.83. The molecular formula is C20H23Cl3O6. The molecule has 0 spiro atoms. The SMILES string of the molecule is C=C(O[C@H]1OC(COC(C)=O)[C@@H](C)[C@H](C)C1OC(=O)c1ccccc1)C(Cl)(Cl)Cl. The van der Waals surface area contributed by atoms with Crippen molar-refractivity contribution in [3.05, 3.63) is 48.2 Å². The number of benzene rings is 1. The van der Waals surface area contributed by atoms with Gasteiger partial charge in [0, 0.05) is 12.8 Å². The second-order valence-electron chi connectivity index (χ2n) is 6.84. The first-order valence-electron chi connectivity index (χ1n) is 8.98. The number of hydrogen-bond acceptors (Lipinski definition) is 6. The number of hydrogen-bond donors (Lipinski definition) is 0. The second kappa shape index (κ2) is 10.0. The number of carbonyl (C=O) groups excluding carboxylic acids is 2. The van der Waals surface area contributed by atoms with E-state index in [1.54, 1.807) is 30.3 Å². The fourth-order valence-corrected chi connectivity index (χ4v) is 3.01. The number of alkyl halides is 3. The lowest BCUT2D eigenvalue weighted by Crippen LogP contribution is -2.53. The molecular weight excluding hydrogens is 443 g/mol. The quantitative estimate of drug-likeness (QED) is 0.345. The van der Waals surface area contributed by atoms with Crippen LogP contribution in [0.15, 0.2) is 42.7 Å². The minimum absolute atomic E-state index is 0.0142. The third-order valence-corrected chi connectivity index (χ3v) is 5.42. The molecule has 1 heterocycles. The van der Waals surface area contributed by atoms with Crippen molar-refractivity contribution in [1.82, 2.24) is 0 Å². The van der Waals surface area contributed by atoms with Gasteiger partial charge in [0.05, 0.1) is 11.7 Å². The van der Waals surface area contributed by atoms with E-state index >= 15 is 0 Å². The Kier molecular flexibility index (Phi) is 8.23. The molecule has 0 saturated carbocycles. The van der Waals surface area contributed by atoms with E-state index in [1.165, 1.54) is 6.92 Å². The van der Waals surface area contributed by atoms with Crippen LogP contribution < -0.4 is 0 Å². The predicted molar refractivity (Wildman–Crippen MR) is 110 cm³/mol. The molecule has 1 aromatic rings. The van der Waals surface area contributed by atoms with Crippen LogP contribution in [0, 0.1) is 11.8 Å². The average molecular weight is 466 g/mol. The molecule has 0 aromatic heterocycles. The smallest absolute Gasteiger partial charge is 0.338 e. The Hall–Kier alpha value is -1.47. The maximum absolute atomic E-state index is 12.6. The molecule has 160 valence electrons. The minimum atomic E-state index is -1.89. The molecule has 1 aliphatic heterocycles. The monoisotopic (exact) mass is 464 g/mol. The van der Waals surface area contributed by atoms with E-state index in [4.69, 9.17) is 53.8 Å². The molecule has 0 bridgehead atoms. The van der Waals surface area contributed by atoms with E-state index in [0.717, 1.165) is 0 Å². The second-order valence-corrected chi connectivity index (χ2v) is 9.12. The lowest BCUT2D eigenvalue weighted by Gasteiger charge is -2.43. The highest BCUT2D eigenvalue weighted by Gasteiger charge is 2.46. The zero-order valence-corrected chi connectivity index (χ0v) is 18.5. The first kappa shape index (κ1) is 23.8. The average Bonchev–Trinajstić information content (AvgIpc) is 2.66. The summed E-state index contributed by atoms with van der Waals surface area (Å²) in [5, 5.41) is 0. The Morgan fingerprint density at radius 1 is 1.10 bits per heavy atom. The van der Waals surface area contributed by atoms with E-state index in [9.17, 15) is 9.59 Å². The Morgan fingerprint density at radius 3 is 2.28 bits per heavy atom. The summed E-state index contributed by atoms with van der Waals surface area (Å²) in [5.41, 5.74) is 0.383. The van der Waals surface area contributed by atoms with Crippen molar-refractivity contribution in [2.24, 2.45) is 11.8 Å². The molecule has 2 unspecified atom stereocenters. The van der Waals surface area contributed by atoms with Crippen LogP contribution in [0.1, 0.15) is 31.1 Å². The first-order chi connectivity index (χ1) is 13.5. The largest absolute Gasteiger partial charge is 0.463 e. The first-order valence-corrected chi connectivity index (χ1v) is 10.1. The molecule has 9 heteroatoms. The molecule has 1 aromatic carbocycles. The van der Waals surface area contributed by atoms with Gasteiger partial charge >= 0.3 is 11.9 Å². The van der Waals surface area contributed by atoms with Crippen molar-refractivity contribution in [2.75, 3.05) is 6.61 Å². The van der Waals surface area contributed by atoms with Gasteiger partial charge in [-0.3, -0.25) is 4.79 Å². The number of allylic oxidation sites excluding steroid dienone is 1. The van der Waals surface area contributed by atoms with Gasteiger partial charge in [-0.25, -0.2) is 4.79 Å². The molecule has 0 N–H and O–H groups in total. The molecule has 1 fully saturated rings. The third kappa shape index (κ3) is 6.51. The van der Waals surface area contributed by atoms with Gasteiger partial charge in [-0.05, 0) is 18.1 Å². The van der Waals surface area contributed by atoms with Crippen molar-refractivity contribution in [3.8, 4) is 0 Å². The molecule has 29 heavy (non-hydrogen) atoms. The number of carbonyl (C=O) groups is 2. The summed E-state index contributed by atoms with van der Waals surface area (Å²) in [6.45, 7) is 8.72. The zero-order chi connectivity index (χ0) is 21.8. The van der Waals surface area contributed by atoms with Crippen LogP contribution in [0.4, 0.5) is 0 Å². The summed E-state index contributed by atoms with van der Waals surface area (Å²) in [4.78, 5) is 23.8. The van der Waals surface area contributed by atoms with Gasteiger partial charge in [-0.1, -0.05) is 73.4 Å². The van der Waals surface area contributed by atoms with E-state index in [1.807, 2.05) is 13.8 Å². The highest BCUT2D eigenvalue weighted by Crippen LogP contribution is 2.39. The summed E-state index contributed by atoms with van der Waals surface area (Å²) >= 11 is 17.5. The Bertz CT molecular complexity index is 733. The van der Waals surface area contributed by atoms with Crippen molar-refractivity contribution < 1.29 is 28.5 Å². The van der Waals surface area contributed by atoms with Crippen LogP contribution in [0.5, 0.6) is 0 Å². The normalized spacial score (nSPS) is 27.0. The summed E-state index contributed by atoms with van der Waals surface area (Å²) in [7, 11) is 0. The van der Waals surface area contributed by atoms with Crippen molar-refractivity contribution in [3.63, 3.8) is 0 Å². The fraction of sp³-hybridized carbons (Fsp3) is 0.500. The highest BCUT2D eigenvalue weighted by molar-refractivity contribution is 6.69. The molecule has 2 rings (SSSR count). The molecule has 0 amide bonds. The molecule has 1 saturated heterocycles. The van der Waals surface area contributed by atoms with Crippen LogP contribution in [-0.2, 0) is 23.7 Å². The Morgan fingerprint density at radius 2 is 1.72 bits per heavy atom. The Labute approximate surface area is 185 Å². The van der Waals surface area contributed by atoms with Gasteiger partial charge in [0.25, 0.3) is 0 Å². The summed E-state index contributed by atoms with van der Waals surface area (Å²) < 4.78 is 20.4. The van der Waals surface area contributed by atoms with Crippen molar-refractivity contribution in [1.29, 1.82) is 0 Å². The maximum Gasteiger partial charge on any atom is 0.338 e. The summed E-state index contributed by atoms with van der Waals surface area (Å²) in [5.74, 6) is -1.49. The van der Waals surface area contributed by atoms with Gasteiger partial charge in [0.2, 0.25) is 10.1 Å². The van der Waals surface area contributed by atoms with Gasteiger partial charge in [0.1, 0.15) is 12.4 Å². The van der Waals surface area contributed by atoms with Crippen molar-refractivity contribution in [2.45, 2.75) is 43.1 Å². The third-order valence-electron chi connectivity index (χ3n) is 4.79. The number of rotatable bonds is 6. The van der Waals surface area contributed by atoms with Gasteiger partial charge < -0.3 is 18.9 Å². The standard InChI is InChI=1S/C20H23Cl3O6/c1-11-12(2)17(29-18(25)15-8-6-5-7-9-15)19(27-13(3)20(21,22)23)28-16(11)10-26-14(4)24/h5-9,11-12,16-17,19H,3,10H2,1-2,4H3/t11-,12-,16?,17?,19-/m0/s1. The van der Waals surface area contributed by atoms with Crippen LogP contribution in [0.25, 0.3) is 0 Å². The van der Waals surface area contributed by atoms with Gasteiger partial charge in [0.15, 0.2) is 6.10 Å².